The normalized spacial score (nSPS) is 24.2. The van der Waals surface area contributed by atoms with Gasteiger partial charge >= 0.3 is 0 Å². The highest BCUT2D eigenvalue weighted by Gasteiger charge is 2.27. The van der Waals surface area contributed by atoms with Gasteiger partial charge in [0, 0.05) is 0 Å². The fourth-order valence-electron chi connectivity index (χ4n) is 3.51. The van der Waals surface area contributed by atoms with E-state index in [0.717, 1.165) is 18.4 Å². The summed E-state index contributed by atoms with van der Waals surface area (Å²) in [5, 5.41) is 3.38. The minimum absolute atomic E-state index is 0.769. The van der Waals surface area contributed by atoms with E-state index in [9.17, 15) is 0 Å². The molecule has 1 nitrogen and oxygen atoms in total. The standard InChI is InChI=1S/C17H27N/c1-12-9-14(3)17(10-13(12)2)16-8-6-5-7-15(16)11-18-4/h9-10,15-16,18H,5-8,11H2,1-4H3. The Bertz CT molecular complexity index is 406. The van der Waals surface area contributed by atoms with Crippen molar-refractivity contribution in [2.24, 2.45) is 5.92 Å². The van der Waals surface area contributed by atoms with Crippen molar-refractivity contribution in [3.63, 3.8) is 0 Å². The number of hydrogen-bond donors (Lipinski definition) is 1. The van der Waals surface area contributed by atoms with Crippen LogP contribution < -0.4 is 5.32 Å². The molecule has 0 aliphatic heterocycles. The molecule has 0 saturated heterocycles. The molecule has 1 aromatic rings. The van der Waals surface area contributed by atoms with Crippen molar-refractivity contribution < 1.29 is 0 Å². The third kappa shape index (κ3) is 2.77. The summed E-state index contributed by atoms with van der Waals surface area (Å²) in [7, 11) is 2.08. The lowest BCUT2D eigenvalue weighted by molar-refractivity contribution is 0.300. The topological polar surface area (TPSA) is 12.0 Å². The molecule has 18 heavy (non-hydrogen) atoms. The third-order valence-corrected chi connectivity index (χ3v) is 4.66. The molecule has 1 fully saturated rings. The Balaban J connectivity index is 2.30. The summed E-state index contributed by atoms with van der Waals surface area (Å²) in [6.45, 7) is 7.91. The quantitative estimate of drug-likeness (QED) is 0.845. The second kappa shape index (κ2) is 5.88. The van der Waals surface area contributed by atoms with Gasteiger partial charge in [0.2, 0.25) is 0 Å². The first-order valence-corrected chi connectivity index (χ1v) is 7.36. The van der Waals surface area contributed by atoms with Crippen LogP contribution >= 0.6 is 0 Å². The van der Waals surface area contributed by atoms with Crippen LogP contribution in [0.3, 0.4) is 0 Å². The SMILES string of the molecule is CNCC1CCCCC1c1cc(C)c(C)cc1C. The molecule has 1 aliphatic rings. The van der Waals surface area contributed by atoms with E-state index in [1.165, 1.54) is 42.4 Å². The molecule has 0 spiro atoms. The largest absolute Gasteiger partial charge is 0.319 e. The van der Waals surface area contributed by atoms with Gasteiger partial charge in [-0.15, -0.1) is 0 Å². The summed E-state index contributed by atoms with van der Waals surface area (Å²) in [6.07, 6.45) is 5.57. The zero-order valence-electron chi connectivity index (χ0n) is 12.3. The Labute approximate surface area is 112 Å². The second-order valence-corrected chi connectivity index (χ2v) is 6.00. The van der Waals surface area contributed by atoms with E-state index < -0.39 is 0 Å². The van der Waals surface area contributed by atoms with Gasteiger partial charge in [0.1, 0.15) is 0 Å². The number of aryl methyl sites for hydroxylation is 3. The molecule has 1 aliphatic carbocycles. The Morgan fingerprint density at radius 3 is 2.39 bits per heavy atom. The van der Waals surface area contributed by atoms with Crippen molar-refractivity contribution in [3.8, 4) is 0 Å². The van der Waals surface area contributed by atoms with Crippen LogP contribution in [0.4, 0.5) is 0 Å². The molecule has 0 bridgehead atoms. The van der Waals surface area contributed by atoms with Crippen LogP contribution in [0.25, 0.3) is 0 Å². The molecule has 0 radical (unpaired) electrons. The minimum Gasteiger partial charge on any atom is -0.319 e. The van der Waals surface area contributed by atoms with Crippen LogP contribution in [0, 0.1) is 26.7 Å². The first-order chi connectivity index (χ1) is 8.63. The maximum absolute atomic E-state index is 3.38. The Hall–Kier alpha value is -0.820. The summed E-state index contributed by atoms with van der Waals surface area (Å²) in [5.41, 5.74) is 5.98. The maximum Gasteiger partial charge on any atom is -0.00177 e. The van der Waals surface area contributed by atoms with Gasteiger partial charge in [-0.05, 0) is 81.3 Å². The fourth-order valence-corrected chi connectivity index (χ4v) is 3.51. The average Bonchev–Trinajstić information content (AvgIpc) is 2.35. The first kappa shape index (κ1) is 13.6. The van der Waals surface area contributed by atoms with Crippen molar-refractivity contribution in [1.82, 2.24) is 5.32 Å². The monoisotopic (exact) mass is 245 g/mol. The van der Waals surface area contributed by atoms with E-state index in [-0.39, 0.29) is 0 Å². The second-order valence-electron chi connectivity index (χ2n) is 6.00. The zero-order valence-corrected chi connectivity index (χ0v) is 12.3. The Morgan fingerprint density at radius 2 is 1.67 bits per heavy atom. The molecule has 2 atom stereocenters. The Kier molecular flexibility index (Phi) is 4.45. The highest BCUT2D eigenvalue weighted by Crippen LogP contribution is 2.39. The number of rotatable bonds is 3. The van der Waals surface area contributed by atoms with Crippen molar-refractivity contribution in [3.05, 3.63) is 34.4 Å². The Morgan fingerprint density at radius 1 is 1.00 bits per heavy atom. The highest BCUT2D eigenvalue weighted by atomic mass is 14.8. The molecule has 2 rings (SSSR count). The lowest BCUT2D eigenvalue weighted by atomic mass is 9.73. The van der Waals surface area contributed by atoms with Crippen LogP contribution in [0.1, 0.15) is 53.9 Å². The molecule has 2 unspecified atom stereocenters. The third-order valence-electron chi connectivity index (χ3n) is 4.66. The smallest absolute Gasteiger partial charge is 0.00177 e. The molecule has 0 aromatic heterocycles. The molecule has 0 amide bonds. The van der Waals surface area contributed by atoms with E-state index >= 15 is 0 Å². The molecule has 1 N–H and O–H groups in total. The highest BCUT2D eigenvalue weighted by molar-refractivity contribution is 5.39. The number of hydrogen-bond acceptors (Lipinski definition) is 1. The van der Waals surface area contributed by atoms with E-state index in [1.807, 2.05) is 0 Å². The molecule has 1 heteroatoms. The van der Waals surface area contributed by atoms with Crippen molar-refractivity contribution in [2.75, 3.05) is 13.6 Å². The van der Waals surface area contributed by atoms with E-state index in [1.54, 1.807) is 5.56 Å². The van der Waals surface area contributed by atoms with Gasteiger partial charge in [0.05, 0.1) is 0 Å². The molecule has 1 saturated carbocycles. The average molecular weight is 245 g/mol. The van der Waals surface area contributed by atoms with Gasteiger partial charge in [0.15, 0.2) is 0 Å². The number of benzene rings is 1. The molecular formula is C17H27N. The van der Waals surface area contributed by atoms with Crippen molar-refractivity contribution in [1.29, 1.82) is 0 Å². The van der Waals surface area contributed by atoms with Crippen LogP contribution in [0.5, 0.6) is 0 Å². The summed E-state index contributed by atoms with van der Waals surface area (Å²) in [5.74, 6) is 1.59. The molecule has 100 valence electrons. The van der Waals surface area contributed by atoms with Gasteiger partial charge in [-0.25, -0.2) is 0 Å². The van der Waals surface area contributed by atoms with Crippen molar-refractivity contribution >= 4 is 0 Å². The zero-order chi connectivity index (χ0) is 13.1. The molecule has 1 aromatic carbocycles. The van der Waals surface area contributed by atoms with Gasteiger partial charge < -0.3 is 5.32 Å². The van der Waals surface area contributed by atoms with E-state index in [0.29, 0.717) is 0 Å². The lowest BCUT2D eigenvalue weighted by Gasteiger charge is -2.33. The minimum atomic E-state index is 0.769. The van der Waals surface area contributed by atoms with E-state index in [4.69, 9.17) is 0 Å². The van der Waals surface area contributed by atoms with Crippen LogP contribution in [0.15, 0.2) is 12.1 Å². The summed E-state index contributed by atoms with van der Waals surface area (Å²) in [4.78, 5) is 0. The van der Waals surface area contributed by atoms with Gasteiger partial charge in [0.25, 0.3) is 0 Å². The van der Waals surface area contributed by atoms with Crippen LogP contribution in [0.2, 0.25) is 0 Å². The maximum atomic E-state index is 3.38. The first-order valence-electron chi connectivity index (χ1n) is 7.36. The summed E-state index contributed by atoms with van der Waals surface area (Å²) in [6, 6.07) is 4.82. The van der Waals surface area contributed by atoms with E-state index in [2.05, 4.69) is 45.3 Å². The van der Waals surface area contributed by atoms with Gasteiger partial charge in [-0.2, -0.15) is 0 Å². The molecule has 0 heterocycles. The van der Waals surface area contributed by atoms with Gasteiger partial charge in [-0.3, -0.25) is 0 Å². The number of nitrogens with one attached hydrogen (secondary N) is 1. The summed E-state index contributed by atoms with van der Waals surface area (Å²) >= 11 is 0. The predicted molar refractivity (Wildman–Crippen MR) is 79.3 cm³/mol. The predicted octanol–water partition coefficient (Wildman–Crippen LogP) is 4.11. The molecular weight excluding hydrogens is 218 g/mol. The van der Waals surface area contributed by atoms with Crippen molar-refractivity contribution in [2.45, 2.75) is 52.4 Å². The van der Waals surface area contributed by atoms with Gasteiger partial charge in [-0.1, -0.05) is 25.0 Å². The fraction of sp³-hybridized carbons (Fsp3) is 0.647. The lowest BCUT2D eigenvalue weighted by Crippen LogP contribution is -2.28. The van der Waals surface area contributed by atoms with Crippen LogP contribution in [-0.4, -0.2) is 13.6 Å². The summed E-state index contributed by atoms with van der Waals surface area (Å²) < 4.78 is 0. The van der Waals surface area contributed by atoms with Crippen LogP contribution in [-0.2, 0) is 0 Å².